The number of carbonyl (C=O) groups is 2. The van der Waals surface area contributed by atoms with Crippen molar-refractivity contribution in [3.8, 4) is 5.75 Å². The minimum atomic E-state index is -0.256. The Hall–Kier alpha value is -2.56. The fourth-order valence-electron chi connectivity index (χ4n) is 1.91. The first-order valence-corrected chi connectivity index (χ1v) is 5.78. The van der Waals surface area contributed by atoms with Crippen molar-refractivity contribution >= 4 is 34.0 Å². The van der Waals surface area contributed by atoms with Crippen LogP contribution in [0.3, 0.4) is 0 Å². The molecule has 0 bridgehead atoms. The molecule has 0 spiro atoms. The largest absolute Gasteiger partial charge is 0.506 e. The maximum atomic E-state index is 11.1. The summed E-state index contributed by atoms with van der Waals surface area (Å²) < 4.78 is 0. The summed E-state index contributed by atoms with van der Waals surface area (Å²) in [4.78, 5) is 22.1. The van der Waals surface area contributed by atoms with Crippen LogP contribution in [0.2, 0.25) is 0 Å². The molecule has 2 rings (SSSR count). The van der Waals surface area contributed by atoms with Crippen LogP contribution in [-0.4, -0.2) is 16.9 Å². The van der Waals surface area contributed by atoms with Crippen molar-refractivity contribution in [1.82, 2.24) is 0 Å². The molecule has 19 heavy (non-hydrogen) atoms. The van der Waals surface area contributed by atoms with Gasteiger partial charge in [0, 0.05) is 24.9 Å². The summed E-state index contributed by atoms with van der Waals surface area (Å²) in [7, 11) is 0. The lowest BCUT2D eigenvalue weighted by atomic mass is 10.1. The minimum Gasteiger partial charge on any atom is -0.506 e. The quantitative estimate of drug-likeness (QED) is 0.724. The van der Waals surface area contributed by atoms with E-state index in [2.05, 4.69) is 10.6 Å². The normalized spacial score (nSPS) is 10.2. The number of hydrogen-bond acceptors (Lipinski definition) is 3. The van der Waals surface area contributed by atoms with Gasteiger partial charge in [-0.1, -0.05) is 12.1 Å². The number of rotatable bonds is 2. The van der Waals surface area contributed by atoms with Crippen LogP contribution in [0.1, 0.15) is 13.8 Å². The molecule has 0 heterocycles. The Bertz CT molecular complexity index is 665. The molecule has 0 saturated carbocycles. The van der Waals surface area contributed by atoms with Gasteiger partial charge in [0.15, 0.2) is 0 Å². The fraction of sp³-hybridized carbons (Fsp3) is 0.143. The number of aromatic hydroxyl groups is 1. The molecule has 5 nitrogen and oxygen atoms in total. The van der Waals surface area contributed by atoms with E-state index in [0.29, 0.717) is 16.8 Å². The maximum absolute atomic E-state index is 11.1. The van der Waals surface area contributed by atoms with Gasteiger partial charge in [-0.15, -0.1) is 0 Å². The molecule has 3 N–H and O–H groups in total. The molecule has 0 aliphatic carbocycles. The number of benzene rings is 2. The van der Waals surface area contributed by atoms with Crippen molar-refractivity contribution in [1.29, 1.82) is 0 Å². The molecular formula is C14H14N2O3. The van der Waals surface area contributed by atoms with Crippen LogP contribution in [-0.2, 0) is 9.59 Å². The molecule has 5 heteroatoms. The van der Waals surface area contributed by atoms with Gasteiger partial charge >= 0.3 is 0 Å². The van der Waals surface area contributed by atoms with E-state index < -0.39 is 0 Å². The Labute approximate surface area is 110 Å². The summed E-state index contributed by atoms with van der Waals surface area (Å²) in [6, 6.07) is 8.47. The zero-order valence-electron chi connectivity index (χ0n) is 10.7. The first kappa shape index (κ1) is 12.9. The Balaban J connectivity index is 2.54. The second kappa shape index (κ2) is 4.97. The second-order valence-corrected chi connectivity index (χ2v) is 4.26. The number of fused-ring (bicyclic) bond motifs is 1. The average Bonchev–Trinajstić information content (AvgIpc) is 2.31. The van der Waals surface area contributed by atoms with Gasteiger partial charge in [0.25, 0.3) is 0 Å². The van der Waals surface area contributed by atoms with E-state index in [1.165, 1.54) is 19.9 Å². The Kier molecular flexibility index (Phi) is 3.37. The Morgan fingerprint density at radius 2 is 1.68 bits per heavy atom. The molecule has 0 saturated heterocycles. The summed E-state index contributed by atoms with van der Waals surface area (Å²) in [6.07, 6.45) is 0. The lowest BCUT2D eigenvalue weighted by Gasteiger charge is -2.11. The molecular weight excluding hydrogens is 244 g/mol. The molecule has 2 amide bonds. The van der Waals surface area contributed by atoms with Crippen molar-refractivity contribution in [2.45, 2.75) is 13.8 Å². The van der Waals surface area contributed by atoms with Crippen LogP contribution in [0.15, 0.2) is 30.3 Å². The molecule has 98 valence electrons. The van der Waals surface area contributed by atoms with Crippen LogP contribution >= 0.6 is 0 Å². The Morgan fingerprint density at radius 3 is 2.32 bits per heavy atom. The van der Waals surface area contributed by atoms with Crippen molar-refractivity contribution < 1.29 is 14.7 Å². The van der Waals surface area contributed by atoms with Crippen LogP contribution in [0, 0.1) is 0 Å². The highest BCUT2D eigenvalue weighted by atomic mass is 16.3. The van der Waals surface area contributed by atoms with E-state index >= 15 is 0 Å². The Morgan fingerprint density at radius 1 is 1.00 bits per heavy atom. The SMILES string of the molecule is CC(=O)Nc1ccc2c(NC(C)=O)c(O)ccc2c1. The van der Waals surface area contributed by atoms with Gasteiger partial charge in [-0.2, -0.15) is 0 Å². The number of hydrogen-bond donors (Lipinski definition) is 3. The molecule has 2 aromatic rings. The minimum absolute atomic E-state index is 0.00924. The third-order valence-electron chi connectivity index (χ3n) is 2.62. The van der Waals surface area contributed by atoms with Gasteiger partial charge in [0.1, 0.15) is 5.75 Å². The van der Waals surface area contributed by atoms with Gasteiger partial charge in [0.2, 0.25) is 11.8 Å². The number of anilines is 2. The second-order valence-electron chi connectivity index (χ2n) is 4.26. The van der Waals surface area contributed by atoms with Gasteiger partial charge in [0.05, 0.1) is 5.69 Å². The van der Waals surface area contributed by atoms with Crippen molar-refractivity contribution in [2.24, 2.45) is 0 Å². The third-order valence-corrected chi connectivity index (χ3v) is 2.62. The van der Waals surface area contributed by atoms with Gasteiger partial charge in [-0.25, -0.2) is 0 Å². The average molecular weight is 258 g/mol. The van der Waals surface area contributed by atoms with E-state index in [1.807, 2.05) is 0 Å². The van der Waals surface area contributed by atoms with E-state index in [9.17, 15) is 14.7 Å². The molecule has 0 aromatic heterocycles. The smallest absolute Gasteiger partial charge is 0.221 e. The lowest BCUT2D eigenvalue weighted by Crippen LogP contribution is -2.07. The summed E-state index contributed by atoms with van der Waals surface area (Å²) in [5, 5.41) is 16.6. The van der Waals surface area contributed by atoms with E-state index in [4.69, 9.17) is 0 Å². The number of carbonyl (C=O) groups excluding carboxylic acids is 2. The van der Waals surface area contributed by atoms with Crippen LogP contribution in [0.5, 0.6) is 5.75 Å². The molecule has 0 unspecified atom stereocenters. The van der Waals surface area contributed by atoms with E-state index in [1.54, 1.807) is 24.3 Å². The zero-order valence-corrected chi connectivity index (χ0v) is 10.7. The number of phenolic OH excluding ortho intramolecular Hbond substituents is 1. The predicted octanol–water partition coefficient (Wildman–Crippen LogP) is 2.46. The summed E-state index contributed by atoms with van der Waals surface area (Å²) >= 11 is 0. The zero-order chi connectivity index (χ0) is 14.0. The lowest BCUT2D eigenvalue weighted by molar-refractivity contribution is -0.115. The van der Waals surface area contributed by atoms with E-state index in [-0.39, 0.29) is 17.6 Å². The third kappa shape index (κ3) is 2.82. The van der Waals surface area contributed by atoms with Gasteiger partial charge in [-0.05, 0) is 23.6 Å². The first-order chi connectivity index (χ1) is 8.97. The van der Waals surface area contributed by atoms with Crippen LogP contribution in [0.4, 0.5) is 11.4 Å². The number of phenols is 1. The highest BCUT2D eigenvalue weighted by molar-refractivity contribution is 6.05. The standard InChI is InChI=1S/C14H14N2O3/c1-8(17)15-11-4-5-12-10(7-11)3-6-13(19)14(12)16-9(2)18/h3-7,19H,1-2H3,(H,15,17)(H,16,18). The molecule has 0 aliphatic heterocycles. The van der Waals surface area contributed by atoms with Crippen molar-refractivity contribution in [2.75, 3.05) is 10.6 Å². The van der Waals surface area contributed by atoms with Gasteiger partial charge < -0.3 is 15.7 Å². The van der Waals surface area contributed by atoms with Crippen LogP contribution < -0.4 is 10.6 Å². The van der Waals surface area contributed by atoms with Crippen molar-refractivity contribution in [3.63, 3.8) is 0 Å². The number of nitrogens with one attached hydrogen (secondary N) is 2. The highest BCUT2D eigenvalue weighted by Gasteiger charge is 2.09. The monoisotopic (exact) mass is 258 g/mol. The molecule has 2 aromatic carbocycles. The summed E-state index contributed by atoms with van der Waals surface area (Å²) in [5.74, 6) is -0.399. The molecule has 0 fully saturated rings. The van der Waals surface area contributed by atoms with Gasteiger partial charge in [-0.3, -0.25) is 9.59 Å². The fourth-order valence-corrected chi connectivity index (χ4v) is 1.91. The number of amides is 2. The predicted molar refractivity (Wildman–Crippen MR) is 74.2 cm³/mol. The van der Waals surface area contributed by atoms with Crippen molar-refractivity contribution in [3.05, 3.63) is 30.3 Å². The summed E-state index contributed by atoms with van der Waals surface area (Å²) in [6.45, 7) is 2.81. The van der Waals surface area contributed by atoms with Crippen LogP contribution in [0.25, 0.3) is 10.8 Å². The molecule has 0 radical (unpaired) electrons. The summed E-state index contributed by atoms with van der Waals surface area (Å²) in [5.41, 5.74) is 1.04. The first-order valence-electron chi connectivity index (χ1n) is 5.78. The highest BCUT2D eigenvalue weighted by Crippen LogP contribution is 2.33. The molecule has 0 aliphatic rings. The topological polar surface area (TPSA) is 78.4 Å². The van der Waals surface area contributed by atoms with E-state index in [0.717, 1.165) is 5.39 Å². The maximum Gasteiger partial charge on any atom is 0.221 e. The molecule has 0 atom stereocenters.